The third kappa shape index (κ3) is 4.31. The predicted octanol–water partition coefficient (Wildman–Crippen LogP) is 3.94. The fourth-order valence-corrected chi connectivity index (χ4v) is 6.38. The van der Waals surface area contributed by atoms with Crippen LogP contribution in [0.1, 0.15) is 66.2 Å². The second kappa shape index (κ2) is 7.37. The quantitative estimate of drug-likeness (QED) is 0.680. The van der Waals surface area contributed by atoms with Crippen molar-refractivity contribution >= 4 is 0 Å². The maximum Gasteiger partial charge on any atom is 0.00516 e. The van der Waals surface area contributed by atoms with Crippen LogP contribution in [0.3, 0.4) is 0 Å². The van der Waals surface area contributed by atoms with Crippen molar-refractivity contribution in [1.82, 2.24) is 14.7 Å². The van der Waals surface area contributed by atoms with Crippen LogP contribution in [-0.4, -0.2) is 73.1 Å². The fraction of sp³-hybridized carbons (Fsp3) is 1.00. The van der Waals surface area contributed by atoms with E-state index in [1.165, 1.54) is 90.9 Å². The molecule has 0 unspecified atom stereocenters. The molecule has 1 spiro atoms. The Kier molecular flexibility index (Phi) is 5.44. The Bertz CT molecular complexity index is 466. The lowest BCUT2D eigenvalue weighted by Crippen LogP contribution is -2.61. The predicted molar refractivity (Wildman–Crippen MR) is 110 cm³/mol. The molecule has 3 heterocycles. The first kappa shape index (κ1) is 19.2. The number of nitrogens with zero attached hydrogens (tertiary/aromatic N) is 3. The summed E-state index contributed by atoms with van der Waals surface area (Å²) in [4.78, 5) is 8.28. The molecular formula is C23H43N3. The maximum atomic E-state index is 2.82. The lowest BCUT2D eigenvalue weighted by Gasteiger charge is -2.55. The zero-order valence-corrected chi connectivity index (χ0v) is 18.0. The number of hydrogen-bond acceptors (Lipinski definition) is 3. The summed E-state index contributed by atoms with van der Waals surface area (Å²) in [5.41, 5.74) is 1.41. The number of rotatable bonds is 7. The molecule has 0 bridgehead atoms. The first-order valence-corrected chi connectivity index (χ1v) is 11.6. The Balaban J connectivity index is 1.16. The van der Waals surface area contributed by atoms with E-state index in [4.69, 9.17) is 0 Å². The first-order valence-electron chi connectivity index (χ1n) is 11.6. The van der Waals surface area contributed by atoms with Crippen molar-refractivity contribution < 1.29 is 0 Å². The van der Waals surface area contributed by atoms with E-state index in [-0.39, 0.29) is 0 Å². The van der Waals surface area contributed by atoms with Gasteiger partial charge in [0.25, 0.3) is 0 Å². The average Bonchev–Trinajstić information content (AvgIpc) is 3.14. The van der Waals surface area contributed by atoms with Crippen molar-refractivity contribution in [2.75, 3.05) is 52.4 Å². The average molecular weight is 362 g/mol. The third-order valence-electron chi connectivity index (χ3n) is 7.95. The van der Waals surface area contributed by atoms with E-state index in [1.54, 1.807) is 0 Å². The summed E-state index contributed by atoms with van der Waals surface area (Å²) in [6.07, 6.45) is 8.77. The molecule has 3 nitrogen and oxygen atoms in total. The van der Waals surface area contributed by atoms with Gasteiger partial charge in [0.15, 0.2) is 0 Å². The van der Waals surface area contributed by atoms with Gasteiger partial charge in [-0.15, -0.1) is 0 Å². The van der Waals surface area contributed by atoms with E-state index >= 15 is 0 Å². The van der Waals surface area contributed by atoms with Crippen molar-refractivity contribution in [2.45, 2.75) is 72.3 Å². The molecule has 4 fully saturated rings. The topological polar surface area (TPSA) is 9.72 Å². The Morgan fingerprint density at radius 3 is 2.15 bits per heavy atom. The van der Waals surface area contributed by atoms with Crippen molar-refractivity contribution in [3.8, 4) is 0 Å². The molecule has 0 radical (unpaired) electrons. The first-order chi connectivity index (χ1) is 12.4. The molecule has 0 N–H and O–H groups in total. The van der Waals surface area contributed by atoms with E-state index < -0.39 is 0 Å². The molecule has 0 amide bonds. The van der Waals surface area contributed by atoms with Gasteiger partial charge in [0.1, 0.15) is 0 Å². The highest BCUT2D eigenvalue weighted by atomic mass is 15.2. The lowest BCUT2D eigenvalue weighted by molar-refractivity contribution is -0.0571. The largest absolute Gasteiger partial charge is 0.302 e. The van der Waals surface area contributed by atoms with Crippen molar-refractivity contribution in [2.24, 2.45) is 22.7 Å². The van der Waals surface area contributed by atoms with Crippen LogP contribution in [0.2, 0.25) is 0 Å². The molecule has 0 aromatic heterocycles. The van der Waals surface area contributed by atoms with E-state index in [2.05, 4.69) is 42.4 Å². The van der Waals surface area contributed by atoms with E-state index in [1.807, 2.05) is 0 Å². The summed E-state index contributed by atoms with van der Waals surface area (Å²) in [5, 5.41) is 0. The van der Waals surface area contributed by atoms with E-state index in [9.17, 15) is 0 Å². The molecule has 3 heteroatoms. The number of piperidine rings is 1. The van der Waals surface area contributed by atoms with Gasteiger partial charge in [-0.05, 0) is 94.7 Å². The fourth-order valence-electron chi connectivity index (χ4n) is 6.38. The van der Waals surface area contributed by atoms with E-state index in [0.29, 0.717) is 10.8 Å². The second-order valence-corrected chi connectivity index (χ2v) is 11.3. The van der Waals surface area contributed by atoms with Gasteiger partial charge >= 0.3 is 0 Å². The number of hydrogen-bond donors (Lipinski definition) is 0. The molecule has 1 atom stereocenters. The Morgan fingerprint density at radius 2 is 1.58 bits per heavy atom. The van der Waals surface area contributed by atoms with Gasteiger partial charge in [0.05, 0.1) is 0 Å². The van der Waals surface area contributed by atoms with Crippen LogP contribution in [-0.2, 0) is 0 Å². The summed E-state index contributed by atoms with van der Waals surface area (Å²) in [6.45, 7) is 20.5. The van der Waals surface area contributed by atoms with Gasteiger partial charge < -0.3 is 14.7 Å². The standard InChI is InChI=1S/C23H43N3/c1-19(2)13-22(6-7-22)16-24-10-5-21(14-24)15-25-17-23(18-25)8-11-26(12-9-23)20(3)4/h19-21H,5-18H2,1-4H3/t21-/m0/s1. The molecule has 3 aliphatic heterocycles. The van der Waals surface area contributed by atoms with Gasteiger partial charge in [-0.3, -0.25) is 0 Å². The van der Waals surface area contributed by atoms with Crippen LogP contribution in [0.4, 0.5) is 0 Å². The Hall–Kier alpha value is -0.120. The Labute approximate surface area is 162 Å². The molecule has 3 saturated heterocycles. The molecule has 1 saturated carbocycles. The maximum absolute atomic E-state index is 2.82. The number of likely N-dealkylation sites (tertiary alicyclic amines) is 3. The zero-order chi connectivity index (χ0) is 18.4. The highest BCUT2D eigenvalue weighted by Gasteiger charge is 2.47. The van der Waals surface area contributed by atoms with Crippen molar-refractivity contribution in [3.63, 3.8) is 0 Å². The highest BCUT2D eigenvalue weighted by molar-refractivity contribution is 5.00. The monoisotopic (exact) mass is 361 g/mol. The highest BCUT2D eigenvalue weighted by Crippen LogP contribution is 2.51. The summed E-state index contributed by atoms with van der Waals surface area (Å²) in [7, 11) is 0. The minimum absolute atomic E-state index is 0.693. The molecule has 26 heavy (non-hydrogen) atoms. The summed E-state index contributed by atoms with van der Waals surface area (Å²) in [6, 6.07) is 0.735. The summed E-state index contributed by atoms with van der Waals surface area (Å²) < 4.78 is 0. The van der Waals surface area contributed by atoms with Crippen LogP contribution in [0.25, 0.3) is 0 Å². The Morgan fingerprint density at radius 1 is 0.885 bits per heavy atom. The van der Waals surface area contributed by atoms with Crippen LogP contribution in [0.15, 0.2) is 0 Å². The molecule has 4 rings (SSSR count). The second-order valence-electron chi connectivity index (χ2n) is 11.3. The van der Waals surface area contributed by atoms with Crippen molar-refractivity contribution in [3.05, 3.63) is 0 Å². The van der Waals surface area contributed by atoms with Gasteiger partial charge in [0.2, 0.25) is 0 Å². The smallest absolute Gasteiger partial charge is 0.00516 e. The zero-order valence-electron chi connectivity index (χ0n) is 18.0. The van der Waals surface area contributed by atoms with Crippen LogP contribution in [0.5, 0.6) is 0 Å². The van der Waals surface area contributed by atoms with Crippen molar-refractivity contribution in [1.29, 1.82) is 0 Å². The third-order valence-corrected chi connectivity index (χ3v) is 7.95. The van der Waals surface area contributed by atoms with Gasteiger partial charge in [-0.2, -0.15) is 0 Å². The molecular weight excluding hydrogens is 318 g/mol. The normalized spacial score (nSPS) is 31.8. The van der Waals surface area contributed by atoms with E-state index in [0.717, 1.165) is 17.9 Å². The minimum Gasteiger partial charge on any atom is -0.302 e. The molecule has 0 aromatic carbocycles. The summed E-state index contributed by atoms with van der Waals surface area (Å²) >= 11 is 0. The van der Waals surface area contributed by atoms with Crippen LogP contribution in [0, 0.1) is 22.7 Å². The van der Waals surface area contributed by atoms with Gasteiger partial charge in [-0.25, -0.2) is 0 Å². The summed E-state index contributed by atoms with van der Waals surface area (Å²) in [5.74, 6) is 1.81. The van der Waals surface area contributed by atoms with Crippen LogP contribution < -0.4 is 0 Å². The molecule has 4 aliphatic rings. The minimum atomic E-state index is 0.693. The lowest BCUT2D eigenvalue weighted by atomic mass is 9.71. The van der Waals surface area contributed by atoms with Crippen LogP contribution >= 0.6 is 0 Å². The molecule has 1 aliphatic carbocycles. The van der Waals surface area contributed by atoms with Gasteiger partial charge in [-0.1, -0.05) is 13.8 Å². The van der Waals surface area contributed by atoms with Gasteiger partial charge in [0, 0.05) is 38.8 Å². The molecule has 150 valence electrons. The SMILES string of the molecule is CC(C)CC1(CN2CC[C@H](CN3CC4(CCN(C(C)C)CC4)C3)C2)CC1. The molecule has 0 aromatic rings.